The zero-order chi connectivity index (χ0) is 30.0. The summed E-state index contributed by atoms with van der Waals surface area (Å²) in [5.41, 5.74) is -5.20. The lowest BCUT2D eigenvalue weighted by Gasteiger charge is -2.69. The maximum atomic E-state index is 12.5. The van der Waals surface area contributed by atoms with E-state index in [-0.39, 0.29) is 30.9 Å². The van der Waals surface area contributed by atoms with Gasteiger partial charge in [-0.3, -0.25) is 4.79 Å². The highest BCUT2D eigenvalue weighted by atomic mass is 16.7. The number of aliphatic hydroxyl groups excluding tert-OH is 4. The van der Waals surface area contributed by atoms with E-state index in [9.17, 15) is 35.4 Å². The molecule has 12 heteroatoms. The molecule has 1 aromatic carbocycles. The number of hydrogen-bond donors (Lipinski definition) is 6. The number of benzene rings is 1. The van der Waals surface area contributed by atoms with Gasteiger partial charge in [-0.25, -0.2) is 0 Å². The fourth-order valence-corrected chi connectivity index (χ4v) is 7.72. The van der Waals surface area contributed by atoms with E-state index in [1.54, 1.807) is 37.3 Å². The Morgan fingerprint density at radius 1 is 1.10 bits per heavy atom. The molecule has 12 nitrogen and oxygen atoms in total. The maximum absolute atomic E-state index is 12.5. The van der Waals surface area contributed by atoms with Crippen LogP contribution in [0.5, 0.6) is 11.5 Å². The number of aliphatic hydroxyl groups is 6. The molecule has 3 aliphatic carbocycles. The Labute approximate surface area is 241 Å². The van der Waals surface area contributed by atoms with Crippen molar-refractivity contribution in [1.29, 1.82) is 0 Å². The molecule has 0 amide bonds. The monoisotopic (exact) mass is 588 g/mol. The molecule has 10 atom stereocenters. The third-order valence-electron chi connectivity index (χ3n) is 9.65. The number of esters is 1. The molecule has 6 rings (SSSR count). The number of allylic oxidation sites excluding steroid dienone is 1. The molecule has 1 saturated heterocycles. The molecule has 6 bridgehead atoms. The van der Waals surface area contributed by atoms with Crippen molar-refractivity contribution in [2.45, 2.75) is 55.6 Å². The number of ether oxygens (including phenoxy) is 4. The van der Waals surface area contributed by atoms with Gasteiger partial charge in [0.15, 0.2) is 16.9 Å². The Bertz CT molecular complexity index is 1420. The molecule has 2 fully saturated rings. The van der Waals surface area contributed by atoms with E-state index in [2.05, 4.69) is 0 Å². The van der Waals surface area contributed by atoms with E-state index in [4.69, 9.17) is 23.4 Å². The van der Waals surface area contributed by atoms with Crippen LogP contribution < -0.4 is 9.47 Å². The lowest BCUT2D eigenvalue weighted by Crippen LogP contribution is -2.85. The highest BCUT2D eigenvalue weighted by molar-refractivity contribution is 5.87. The van der Waals surface area contributed by atoms with Crippen molar-refractivity contribution in [2.75, 3.05) is 26.9 Å². The Hall–Kier alpha value is -2.97. The summed E-state index contributed by atoms with van der Waals surface area (Å²) in [4.78, 5) is 12.2. The number of rotatable bonds is 9. The van der Waals surface area contributed by atoms with Gasteiger partial charge in [0, 0.05) is 29.1 Å². The second-order valence-corrected chi connectivity index (χ2v) is 11.5. The standard InChI is InChI=1S/C30H36O12/c1-3-39-21(34)7-4-15-12-16-9-11-40-22(16)24(38-2)23(15)42-27-30(37)25-17-5-6-19(33)28(25,14-32)10-8-18(17)29(36,26(30)35)20(13-31)41-27/h5-6,8-12,17-20,25-27,31-33,35-37H,3-4,7,13-14H2,1-2H3. The third kappa shape index (κ3) is 3.76. The first kappa shape index (κ1) is 29.1. The quantitative estimate of drug-likeness (QED) is 0.173. The number of furan rings is 1. The Morgan fingerprint density at radius 2 is 1.88 bits per heavy atom. The van der Waals surface area contributed by atoms with E-state index in [1.165, 1.54) is 19.4 Å². The maximum Gasteiger partial charge on any atom is 0.306 e. The lowest BCUT2D eigenvalue weighted by atomic mass is 9.42. The highest BCUT2D eigenvalue weighted by Crippen LogP contribution is 2.64. The normalized spacial score (nSPS) is 39.8. The average molecular weight is 589 g/mol. The topological polar surface area (TPSA) is 189 Å². The first-order chi connectivity index (χ1) is 20.1. The van der Waals surface area contributed by atoms with Crippen molar-refractivity contribution in [3.05, 3.63) is 48.3 Å². The summed E-state index contributed by atoms with van der Waals surface area (Å²) in [6.45, 7) is 0.614. The molecule has 6 N–H and O–H groups in total. The number of carbonyl (C=O) groups excluding carboxylic acids is 1. The van der Waals surface area contributed by atoms with Gasteiger partial charge in [-0.1, -0.05) is 24.3 Å². The van der Waals surface area contributed by atoms with Crippen LogP contribution in [0.15, 0.2) is 47.1 Å². The van der Waals surface area contributed by atoms with Crippen LogP contribution in [0.2, 0.25) is 0 Å². The zero-order valence-electron chi connectivity index (χ0n) is 23.3. The van der Waals surface area contributed by atoms with E-state index in [1.807, 2.05) is 0 Å². The molecule has 42 heavy (non-hydrogen) atoms. The van der Waals surface area contributed by atoms with E-state index in [0.29, 0.717) is 16.5 Å². The zero-order valence-corrected chi connectivity index (χ0v) is 23.3. The van der Waals surface area contributed by atoms with E-state index < -0.39 is 78.2 Å². The lowest BCUT2D eigenvalue weighted by molar-refractivity contribution is -0.408. The van der Waals surface area contributed by atoms with Gasteiger partial charge in [0.2, 0.25) is 12.0 Å². The van der Waals surface area contributed by atoms with E-state index >= 15 is 0 Å². The summed E-state index contributed by atoms with van der Waals surface area (Å²) in [7, 11) is 1.39. The molecular formula is C30H36O12. The SMILES string of the molecule is CCOC(=O)CCc1cc2ccoc2c(OC)c1OC1OC(CO)C2(O)C3C=CC4(CO)C(O)C=CC3C4C1(O)C2O. The molecule has 10 unspecified atom stereocenters. The molecule has 2 heterocycles. The van der Waals surface area contributed by atoms with Gasteiger partial charge in [0.1, 0.15) is 17.8 Å². The van der Waals surface area contributed by atoms with E-state index in [0.717, 1.165) is 0 Å². The second-order valence-electron chi connectivity index (χ2n) is 11.5. The van der Waals surface area contributed by atoms with Gasteiger partial charge < -0.3 is 54.0 Å². The molecular weight excluding hydrogens is 552 g/mol. The Balaban J connectivity index is 1.50. The fraction of sp³-hybridized carbons (Fsp3) is 0.567. The predicted octanol–water partition coefficient (Wildman–Crippen LogP) is 0.198. The van der Waals surface area contributed by atoms with Crippen LogP contribution in [-0.2, 0) is 20.7 Å². The minimum Gasteiger partial charge on any atom is -0.490 e. The second kappa shape index (κ2) is 10.3. The smallest absolute Gasteiger partial charge is 0.306 e. The third-order valence-corrected chi connectivity index (χ3v) is 9.65. The highest BCUT2D eigenvalue weighted by Gasteiger charge is 2.78. The summed E-state index contributed by atoms with van der Waals surface area (Å²) in [5.74, 6) is -2.81. The van der Waals surface area contributed by atoms with Gasteiger partial charge in [-0.2, -0.15) is 0 Å². The molecule has 1 aliphatic heterocycles. The van der Waals surface area contributed by atoms with Crippen LogP contribution in [0, 0.1) is 23.2 Å². The number of fused-ring (bicyclic) bond motifs is 4. The van der Waals surface area contributed by atoms with Crippen LogP contribution in [0.4, 0.5) is 0 Å². The minimum atomic E-state index is -2.41. The van der Waals surface area contributed by atoms with Crippen LogP contribution in [-0.4, -0.2) is 99.3 Å². The number of aryl methyl sites for hydroxylation is 1. The molecule has 1 aromatic heterocycles. The number of methoxy groups -OCH3 is 1. The van der Waals surface area contributed by atoms with Crippen LogP contribution >= 0.6 is 0 Å². The molecule has 228 valence electrons. The summed E-state index contributed by atoms with van der Waals surface area (Å²) in [5, 5.41) is 68.9. The number of carbonyl (C=O) groups is 1. The van der Waals surface area contributed by atoms with Crippen molar-refractivity contribution in [1.82, 2.24) is 0 Å². The molecule has 1 saturated carbocycles. The Morgan fingerprint density at radius 3 is 2.57 bits per heavy atom. The summed E-state index contributed by atoms with van der Waals surface area (Å²) in [6, 6.07) is 3.44. The molecule has 2 aromatic rings. The average Bonchev–Trinajstić information content (AvgIpc) is 3.45. The summed E-state index contributed by atoms with van der Waals surface area (Å²) < 4.78 is 28.9. The first-order valence-corrected chi connectivity index (χ1v) is 14.1. The van der Waals surface area contributed by atoms with Crippen LogP contribution in [0.1, 0.15) is 18.9 Å². The summed E-state index contributed by atoms with van der Waals surface area (Å²) in [6.07, 6.45) is 1.62. The van der Waals surface area contributed by atoms with Crippen molar-refractivity contribution >= 4 is 16.9 Å². The predicted molar refractivity (Wildman–Crippen MR) is 144 cm³/mol. The van der Waals surface area contributed by atoms with Crippen molar-refractivity contribution in [2.24, 2.45) is 23.2 Å². The van der Waals surface area contributed by atoms with Crippen LogP contribution in [0.25, 0.3) is 11.0 Å². The fourth-order valence-electron chi connectivity index (χ4n) is 7.72. The van der Waals surface area contributed by atoms with Gasteiger partial charge >= 0.3 is 5.97 Å². The first-order valence-electron chi connectivity index (χ1n) is 14.1. The molecule has 0 radical (unpaired) electrons. The summed E-state index contributed by atoms with van der Waals surface area (Å²) >= 11 is 0. The number of hydrogen-bond acceptors (Lipinski definition) is 12. The van der Waals surface area contributed by atoms with Crippen molar-refractivity contribution in [3.63, 3.8) is 0 Å². The molecule has 4 aliphatic rings. The minimum absolute atomic E-state index is 0.00404. The van der Waals surface area contributed by atoms with Gasteiger partial charge in [0.25, 0.3) is 0 Å². The van der Waals surface area contributed by atoms with Crippen molar-refractivity contribution in [3.8, 4) is 11.5 Å². The van der Waals surface area contributed by atoms with Gasteiger partial charge in [0.05, 0.1) is 39.3 Å². The largest absolute Gasteiger partial charge is 0.490 e. The Kier molecular flexibility index (Phi) is 7.17. The van der Waals surface area contributed by atoms with Crippen LogP contribution in [0.3, 0.4) is 0 Å². The molecule has 0 spiro atoms. The van der Waals surface area contributed by atoms with Crippen molar-refractivity contribution < 1.29 is 58.8 Å². The van der Waals surface area contributed by atoms with Gasteiger partial charge in [-0.15, -0.1) is 0 Å². The van der Waals surface area contributed by atoms with Gasteiger partial charge in [-0.05, 0) is 37.0 Å².